The van der Waals surface area contributed by atoms with Gasteiger partial charge in [-0.15, -0.1) is 12.4 Å². The summed E-state index contributed by atoms with van der Waals surface area (Å²) in [5.41, 5.74) is 3.13. The van der Waals surface area contributed by atoms with Crippen molar-refractivity contribution in [1.29, 1.82) is 0 Å². The summed E-state index contributed by atoms with van der Waals surface area (Å²) in [5.74, 6) is 0.771. The zero-order valence-corrected chi connectivity index (χ0v) is 19.4. The summed E-state index contributed by atoms with van der Waals surface area (Å²) >= 11 is 7.67. The van der Waals surface area contributed by atoms with E-state index in [0.717, 1.165) is 28.7 Å². The molecule has 2 aromatic rings. The highest BCUT2D eigenvalue weighted by Gasteiger charge is 2.34. The van der Waals surface area contributed by atoms with Gasteiger partial charge in [0.25, 0.3) is 0 Å². The molecule has 0 aromatic heterocycles. The van der Waals surface area contributed by atoms with Crippen molar-refractivity contribution in [2.45, 2.75) is 39.3 Å². The topological polar surface area (TPSA) is 35.9 Å². The van der Waals surface area contributed by atoms with Crippen LogP contribution in [0.25, 0.3) is 0 Å². The number of rotatable bonds is 6. The molecule has 0 saturated carbocycles. The Bertz CT molecular complexity index is 840. The molecule has 1 saturated heterocycles. The number of anilines is 1. The van der Waals surface area contributed by atoms with E-state index in [1.165, 1.54) is 18.4 Å². The van der Waals surface area contributed by atoms with Crippen molar-refractivity contribution in [3.8, 4) is 0 Å². The van der Waals surface area contributed by atoms with Crippen molar-refractivity contribution in [2.75, 3.05) is 17.7 Å². The molecule has 0 N–H and O–H groups in total. The van der Waals surface area contributed by atoms with Gasteiger partial charge in [0.05, 0.1) is 5.69 Å². The smallest absolute Gasteiger partial charge is 0.225 e. The number of aryl methyl sites for hydroxylation is 1. The van der Waals surface area contributed by atoms with Crippen LogP contribution in [0.2, 0.25) is 5.02 Å². The maximum absolute atomic E-state index is 12.4. The number of amides is 1. The van der Waals surface area contributed by atoms with E-state index in [1.54, 1.807) is 23.6 Å². The summed E-state index contributed by atoms with van der Waals surface area (Å²) in [7, 11) is 1.99. The molecule has 0 spiro atoms. The zero-order chi connectivity index (χ0) is 20.1. The van der Waals surface area contributed by atoms with Gasteiger partial charge in [-0.3, -0.25) is 9.69 Å². The minimum Gasteiger partial charge on any atom is -0.333 e. The SMILES string of the molecule is CCCCc1ccc(N=C2SCC(N(C(C)=O)c3ccc(Cl)cc3)N2C)cc1.Cl. The molecule has 29 heavy (non-hydrogen) atoms. The Kier molecular flexibility index (Phi) is 8.87. The molecule has 1 atom stereocenters. The fourth-order valence-corrected chi connectivity index (χ4v) is 4.54. The van der Waals surface area contributed by atoms with Gasteiger partial charge >= 0.3 is 0 Å². The van der Waals surface area contributed by atoms with Gasteiger partial charge in [0.15, 0.2) is 5.17 Å². The quantitative estimate of drug-likeness (QED) is 0.528. The summed E-state index contributed by atoms with van der Waals surface area (Å²) in [6.45, 7) is 3.80. The maximum atomic E-state index is 12.4. The van der Waals surface area contributed by atoms with Gasteiger partial charge < -0.3 is 4.90 Å². The Morgan fingerprint density at radius 2 is 1.86 bits per heavy atom. The first-order valence-corrected chi connectivity index (χ1v) is 10.9. The average Bonchev–Trinajstić information content (AvgIpc) is 3.03. The Morgan fingerprint density at radius 3 is 2.45 bits per heavy atom. The molecule has 0 radical (unpaired) electrons. The largest absolute Gasteiger partial charge is 0.333 e. The Labute approximate surface area is 188 Å². The highest BCUT2D eigenvalue weighted by Crippen LogP contribution is 2.31. The summed E-state index contributed by atoms with van der Waals surface area (Å²) in [4.78, 5) is 21.1. The van der Waals surface area contributed by atoms with Gasteiger partial charge in [0, 0.05) is 30.4 Å². The molecular weight excluding hydrogens is 425 g/mol. The van der Waals surface area contributed by atoms with Gasteiger partial charge in [-0.2, -0.15) is 0 Å². The highest BCUT2D eigenvalue weighted by atomic mass is 35.5. The maximum Gasteiger partial charge on any atom is 0.225 e. The van der Waals surface area contributed by atoms with E-state index in [2.05, 4.69) is 36.1 Å². The van der Waals surface area contributed by atoms with E-state index in [0.29, 0.717) is 5.02 Å². The number of unbranched alkanes of at least 4 members (excludes halogenated alkanes) is 1. The number of halogens is 2. The normalized spacial score (nSPS) is 17.3. The molecule has 4 nitrogen and oxygen atoms in total. The monoisotopic (exact) mass is 451 g/mol. The molecule has 0 aliphatic carbocycles. The third-order valence-corrected chi connectivity index (χ3v) is 6.19. The standard InChI is InChI=1S/C22H26ClN3OS.ClH/c1-4-5-6-17-7-11-19(12-8-17)24-22-25(3)21(15-28-22)26(16(2)27)20-13-9-18(23)10-14-20;/h7-14,21H,4-6,15H2,1-3H3;1H. The first-order valence-electron chi connectivity index (χ1n) is 9.58. The van der Waals surface area contributed by atoms with Crippen molar-refractivity contribution in [3.63, 3.8) is 0 Å². The lowest BCUT2D eigenvalue weighted by atomic mass is 10.1. The van der Waals surface area contributed by atoms with Crippen molar-refractivity contribution in [2.24, 2.45) is 4.99 Å². The minimum atomic E-state index is -0.0775. The number of benzene rings is 2. The number of carbonyl (C=O) groups is 1. The van der Waals surface area contributed by atoms with Gasteiger partial charge in [0.1, 0.15) is 6.17 Å². The van der Waals surface area contributed by atoms with E-state index < -0.39 is 0 Å². The first kappa shape index (κ1) is 23.6. The molecule has 1 unspecified atom stereocenters. The van der Waals surface area contributed by atoms with E-state index in [4.69, 9.17) is 16.6 Å². The number of nitrogens with zero attached hydrogens (tertiary/aromatic N) is 3. The molecule has 0 bridgehead atoms. The molecule has 2 aromatic carbocycles. The number of hydrogen-bond donors (Lipinski definition) is 0. The molecule has 1 aliphatic rings. The number of carbonyl (C=O) groups excluding carboxylic acids is 1. The van der Waals surface area contributed by atoms with E-state index in [-0.39, 0.29) is 24.5 Å². The minimum absolute atomic E-state index is 0. The van der Waals surface area contributed by atoms with E-state index >= 15 is 0 Å². The van der Waals surface area contributed by atoms with Crippen LogP contribution in [-0.2, 0) is 11.2 Å². The van der Waals surface area contributed by atoms with Crippen LogP contribution in [0.3, 0.4) is 0 Å². The van der Waals surface area contributed by atoms with Gasteiger partial charge in [-0.05, 0) is 54.8 Å². The molecular formula is C22H27Cl2N3OS. The van der Waals surface area contributed by atoms with Crippen LogP contribution in [0.1, 0.15) is 32.3 Å². The lowest BCUT2D eigenvalue weighted by Gasteiger charge is -2.32. The average molecular weight is 452 g/mol. The summed E-state index contributed by atoms with van der Waals surface area (Å²) in [5, 5.41) is 1.58. The van der Waals surface area contributed by atoms with Gasteiger partial charge in [-0.25, -0.2) is 4.99 Å². The van der Waals surface area contributed by atoms with Crippen molar-refractivity contribution >= 4 is 58.2 Å². The molecule has 7 heteroatoms. The van der Waals surface area contributed by atoms with E-state index in [1.807, 2.05) is 31.3 Å². The number of aliphatic imine (C=N–C) groups is 1. The van der Waals surface area contributed by atoms with Crippen LogP contribution < -0.4 is 4.90 Å². The number of hydrogen-bond acceptors (Lipinski definition) is 3. The van der Waals surface area contributed by atoms with Crippen molar-refractivity contribution in [3.05, 3.63) is 59.1 Å². The van der Waals surface area contributed by atoms with Crippen molar-refractivity contribution in [1.82, 2.24) is 4.90 Å². The summed E-state index contributed by atoms with van der Waals surface area (Å²) < 4.78 is 0. The third-order valence-electron chi connectivity index (χ3n) is 4.83. The van der Waals surface area contributed by atoms with Gasteiger partial charge in [-0.1, -0.05) is 48.8 Å². The third kappa shape index (κ3) is 5.91. The summed E-state index contributed by atoms with van der Waals surface area (Å²) in [6.07, 6.45) is 3.44. The molecule has 3 rings (SSSR count). The number of thioether (sulfide) groups is 1. The fourth-order valence-electron chi connectivity index (χ4n) is 3.24. The Balaban J connectivity index is 0.00000300. The van der Waals surface area contributed by atoms with E-state index in [9.17, 15) is 4.79 Å². The predicted molar refractivity (Wildman–Crippen MR) is 128 cm³/mol. The summed E-state index contributed by atoms with van der Waals surface area (Å²) in [6, 6.07) is 15.8. The fraction of sp³-hybridized carbons (Fsp3) is 0.364. The molecule has 1 amide bonds. The Morgan fingerprint density at radius 1 is 1.21 bits per heavy atom. The molecule has 1 aliphatic heterocycles. The van der Waals surface area contributed by atoms with Crippen molar-refractivity contribution < 1.29 is 4.79 Å². The molecule has 1 heterocycles. The highest BCUT2D eigenvalue weighted by molar-refractivity contribution is 8.14. The van der Waals surface area contributed by atoms with Crippen LogP contribution >= 0.6 is 35.8 Å². The van der Waals surface area contributed by atoms with Crippen LogP contribution in [0.5, 0.6) is 0 Å². The first-order chi connectivity index (χ1) is 13.5. The Hall–Kier alpha value is -1.69. The van der Waals surface area contributed by atoms with Crippen LogP contribution in [0.4, 0.5) is 11.4 Å². The van der Waals surface area contributed by atoms with Crippen LogP contribution in [0.15, 0.2) is 53.5 Å². The lowest BCUT2D eigenvalue weighted by Crippen LogP contribution is -2.48. The zero-order valence-electron chi connectivity index (χ0n) is 17.0. The van der Waals surface area contributed by atoms with Crippen LogP contribution in [-0.4, -0.2) is 34.9 Å². The second-order valence-corrected chi connectivity index (χ2v) is 8.36. The number of amidine groups is 1. The second-order valence-electron chi connectivity index (χ2n) is 6.93. The second kappa shape index (κ2) is 10.9. The van der Waals surface area contributed by atoms with Crippen LogP contribution in [0, 0.1) is 0 Å². The van der Waals surface area contributed by atoms with Gasteiger partial charge in [0.2, 0.25) is 5.91 Å². The molecule has 1 fully saturated rings. The molecule has 156 valence electrons. The predicted octanol–water partition coefficient (Wildman–Crippen LogP) is 6.15. The lowest BCUT2D eigenvalue weighted by molar-refractivity contribution is -0.117.